The van der Waals surface area contributed by atoms with Crippen LogP contribution < -0.4 is 5.73 Å². The number of primary amides is 1. The highest BCUT2D eigenvalue weighted by molar-refractivity contribution is 6.31. The van der Waals surface area contributed by atoms with E-state index in [1.54, 1.807) is 18.2 Å². The predicted molar refractivity (Wildman–Crippen MR) is 131 cm³/mol. The molecule has 5 rings (SSSR count). The zero-order valence-electron chi connectivity index (χ0n) is 18.5. The first kappa shape index (κ1) is 22.7. The number of carbonyl (C=O) groups is 1. The highest BCUT2D eigenvalue weighted by atomic mass is 35.5. The molecular weight excluding hydrogens is 460 g/mol. The summed E-state index contributed by atoms with van der Waals surface area (Å²) in [6, 6.07) is 10.3. The van der Waals surface area contributed by atoms with E-state index in [-0.39, 0.29) is 22.8 Å². The van der Waals surface area contributed by atoms with E-state index in [2.05, 4.69) is 0 Å². The Morgan fingerprint density at radius 3 is 2.12 bits per heavy atom. The van der Waals surface area contributed by atoms with E-state index >= 15 is 0 Å². The zero-order chi connectivity index (χ0) is 23.2. The van der Waals surface area contributed by atoms with Gasteiger partial charge in [-0.25, -0.2) is 9.37 Å². The van der Waals surface area contributed by atoms with Gasteiger partial charge >= 0.3 is 0 Å². The van der Waals surface area contributed by atoms with Gasteiger partial charge in [-0.2, -0.15) is 0 Å². The molecule has 1 amide bonds. The minimum atomic E-state index is -0.943. The Kier molecular flexibility index (Phi) is 6.13. The number of rotatable bonds is 5. The summed E-state index contributed by atoms with van der Waals surface area (Å²) in [5.41, 5.74) is 7.39. The molecule has 2 aromatic carbocycles. The SMILES string of the molecule is NC(=O)C(C1CCCCC1)(C1CCCC1)n1c(-c2ccc(Cl)cc2)nc2cc(F)c(Cl)cc21. The lowest BCUT2D eigenvalue weighted by Crippen LogP contribution is -2.57. The van der Waals surface area contributed by atoms with Crippen molar-refractivity contribution >= 4 is 40.1 Å². The topological polar surface area (TPSA) is 60.9 Å². The molecule has 4 nitrogen and oxygen atoms in total. The maximum atomic E-state index is 14.5. The second-order valence-electron chi connectivity index (χ2n) is 9.54. The number of carbonyl (C=O) groups excluding carboxylic acids is 1. The summed E-state index contributed by atoms with van der Waals surface area (Å²) < 4.78 is 16.5. The summed E-state index contributed by atoms with van der Waals surface area (Å²) in [6.45, 7) is 0. The number of hydrogen-bond donors (Lipinski definition) is 1. The molecule has 0 saturated heterocycles. The molecule has 0 bridgehead atoms. The number of halogens is 3. The van der Waals surface area contributed by atoms with Gasteiger partial charge in [0.05, 0.1) is 16.1 Å². The first-order chi connectivity index (χ1) is 15.9. The molecule has 0 aliphatic heterocycles. The first-order valence-corrected chi connectivity index (χ1v) is 12.6. The molecule has 0 spiro atoms. The monoisotopic (exact) mass is 487 g/mol. The number of aromatic nitrogens is 2. The van der Waals surface area contributed by atoms with E-state index in [1.807, 2.05) is 16.7 Å². The third-order valence-corrected chi connectivity index (χ3v) is 8.31. The van der Waals surface area contributed by atoms with Gasteiger partial charge in [0.1, 0.15) is 17.2 Å². The van der Waals surface area contributed by atoms with Gasteiger partial charge in [0.2, 0.25) is 5.91 Å². The van der Waals surface area contributed by atoms with Crippen molar-refractivity contribution in [3.63, 3.8) is 0 Å². The maximum absolute atomic E-state index is 14.5. The molecule has 2 saturated carbocycles. The Labute approximate surface area is 203 Å². The molecule has 1 atom stereocenters. The van der Waals surface area contributed by atoms with Gasteiger partial charge in [-0.3, -0.25) is 4.79 Å². The van der Waals surface area contributed by atoms with E-state index in [0.29, 0.717) is 21.9 Å². The standard InChI is InChI=1S/C26H28Cl2FN3O/c27-19-12-10-16(11-13-19)24-31-22-15-21(29)20(28)14-23(22)32(24)26(25(30)33,18-8-4-5-9-18)17-6-2-1-3-7-17/h10-15,17-18H,1-9H2,(H2,30,33). The summed E-state index contributed by atoms with van der Waals surface area (Å²) in [7, 11) is 0. The largest absolute Gasteiger partial charge is 0.368 e. The number of nitrogens with zero attached hydrogens (tertiary/aromatic N) is 2. The van der Waals surface area contributed by atoms with Crippen molar-refractivity contribution in [3.8, 4) is 11.4 Å². The molecule has 7 heteroatoms. The van der Waals surface area contributed by atoms with Crippen LogP contribution in [0, 0.1) is 17.7 Å². The second kappa shape index (κ2) is 8.92. The number of imidazole rings is 1. The molecule has 2 aliphatic rings. The summed E-state index contributed by atoms with van der Waals surface area (Å²) in [5, 5.41) is 0.625. The first-order valence-electron chi connectivity index (χ1n) is 11.9. The van der Waals surface area contributed by atoms with Crippen LogP contribution in [-0.4, -0.2) is 15.5 Å². The quantitative estimate of drug-likeness (QED) is 0.416. The fourth-order valence-corrected chi connectivity index (χ4v) is 6.64. The van der Waals surface area contributed by atoms with Gasteiger partial charge < -0.3 is 10.3 Å². The smallest absolute Gasteiger partial charge is 0.244 e. The summed E-state index contributed by atoms with van der Waals surface area (Å²) in [4.78, 5) is 18.5. The number of hydrogen-bond acceptors (Lipinski definition) is 2. The zero-order valence-corrected chi connectivity index (χ0v) is 20.0. The maximum Gasteiger partial charge on any atom is 0.244 e. The van der Waals surface area contributed by atoms with Gasteiger partial charge in [-0.05, 0) is 67.9 Å². The second-order valence-corrected chi connectivity index (χ2v) is 10.4. The van der Waals surface area contributed by atoms with E-state index in [4.69, 9.17) is 33.9 Å². The van der Waals surface area contributed by atoms with Gasteiger partial charge in [0, 0.05) is 16.7 Å². The highest BCUT2D eigenvalue weighted by Gasteiger charge is 2.54. The van der Waals surface area contributed by atoms with Crippen LogP contribution in [0.25, 0.3) is 22.4 Å². The van der Waals surface area contributed by atoms with Crippen LogP contribution in [0.1, 0.15) is 57.8 Å². The predicted octanol–water partition coefficient (Wildman–Crippen LogP) is 7.10. The van der Waals surface area contributed by atoms with Crippen LogP contribution >= 0.6 is 23.2 Å². The fraction of sp³-hybridized carbons (Fsp3) is 0.462. The van der Waals surface area contributed by atoms with Gasteiger partial charge in [-0.15, -0.1) is 0 Å². The highest BCUT2D eigenvalue weighted by Crippen LogP contribution is 2.51. The van der Waals surface area contributed by atoms with Crippen LogP contribution in [0.5, 0.6) is 0 Å². The Bertz CT molecular complexity index is 1180. The van der Waals surface area contributed by atoms with Gasteiger partial charge in [0.25, 0.3) is 0 Å². The Hall–Kier alpha value is -2.11. The molecule has 174 valence electrons. The summed E-state index contributed by atoms with van der Waals surface area (Å²) >= 11 is 12.4. The van der Waals surface area contributed by atoms with E-state index in [9.17, 15) is 9.18 Å². The Morgan fingerprint density at radius 2 is 1.55 bits per heavy atom. The molecule has 1 unspecified atom stereocenters. The lowest BCUT2D eigenvalue weighted by molar-refractivity contribution is -0.134. The van der Waals surface area contributed by atoms with Crippen LogP contribution in [0.15, 0.2) is 36.4 Å². The fourth-order valence-electron chi connectivity index (χ4n) is 6.36. The van der Waals surface area contributed by atoms with E-state index in [0.717, 1.165) is 56.9 Å². The number of benzene rings is 2. The lowest BCUT2D eigenvalue weighted by Gasteiger charge is -2.46. The summed E-state index contributed by atoms with van der Waals surface area (Å²) in [6.07, 6.45) is 9.22. The molecular formula is C26H28Cl2FN3O. The van der Waals surface area contributed by atoms with Crippen molar-refractivity contribution in [2.24, 2.45) is 17.6 Å². The van der Waals surface area contributed by atoms with Crippen molar-refractivity contribution in [3.05, 3.63) is 52.3 Å². The summed E-state index contributed by atoms with van der Waals surface area (Å²) in [5.74, 6) is -0.0416. The molecule has 3 aromatic rings. The third kappa shape index (κ3) is 3.74. The van der Waals surface area contributed by atoms with Crippen molar-refractivity contribution in [1.29, 1.82) is 0 Å². The Balaban J connectivity index is 1.87. The molecule has 1 aromatic heterocycles. The number of nitrogens with two attached hydrogens (primary N) is 1. The molecule has 33 heavy (non-hydrogen) atoms. The molecule has 1 heterocycles. The average Bonchev–Trinajstić information content (AvgIpc) is 3.46. The molecule has 2 N–H and O–H groups in total. The van der Waals surface area contributed by atoms with Crippen LogP contribution in [0.3, 0.4) is 0 Å². The van der Waals surface area contributed by atoms with Crippen molar-refractivity contribution < 1.29 is 9.18 Å². The van der Waals surface area contributed by atoms with E-state index < -0.39 is 11.4 Å². The lowest BCUT2D eigenvalue weighted by atomic mass is 9.66. The van der Waals surface area contributed by atoms with Gasteiger partial charge in [0.15, 0.2) is 0 Å². The van der Waals surface area contributed by atoms with Crippen LogP contribution in [0.2, 0.25) is 10.0 Å². The van der Waals surface area contributed by atoms with Crippen molar-refractivity contribution in [2.45, 2.75) is 63.3 Å². The average molecular weight is 488 g/mol. The molecule has 2 fully saturated rings. The minimum absolute atomic E-state index is 0.0137. The Morgan fingerprint density at radius 1 is 0.970 bits per heavy atom. The van der Waals surface area contributed by atoms with E-state index in [1.165, 1.54) is 12.5 Å². The van der Waals surface area contributed by atoms with Crippen LogP contribution in [-0.2, 0) is 10.3 Å². The molecule has 0 radical (unpaired) electrons. The number of amides is 1. The normalized spacial score (nSPS) is 19.7. The number of fused-ring (bicyclic) bond motifs is 1. The minimum Gasteiger partial charge on any atom is -0.368 e. The van der Waals surface area contributed by atoms with Crippen molar-refractivity contribution in [1.82, 2.24) is 9.55 Å². The van der Waals surface area contributed by atoms with Crippen molar-refractivity contribution in [2.75, 3.05) is 0 Å². The van der Waals surface area contributed by atoms with Gasteiger partial charge in [-0.1, -0.05) is 55.3 Å². The van der Waals surface area contributed by atoms with Crippen LogP contribution in [0.4, 0.5) is 4.39 Å². The molecule has 2 aliphatic carbocycles. The third-order valence-electron chi connectivity index (χ3n) is 7.77.